The van der Waals surface area contributed by atoms with Crippen molar-refractivity contribution in [3.8, 4) is 0 Å². The molecular formula is C21H35N5O. The summed E-state index contributed by atoms with van der Waals surface area (Å²) in [6, 6.07) is 9.66. The number of rotatable bonds is 5. The molecule has 0 aliphatic carbocycles. The van der Waals surface area contributed by atoms with Crippen molar-refractivity contribution in [1.82, 2.24) is 15.5 Å². The predicted octanol–water partition coefficient (Wildman–Crippen LogP) is 1.92. The molecule has 2 N–H and O–H groups in total. The van der Waals surface area contributed by atoms with Gasteiger partial charge in [-0.3, -0.25) is 9.89 Å². The van der Waals surface area contributed by atoms with Crippen LogP contribution in [0.5, 0.6) is 0 Å². The molecule has 0 radical (unpaired) electrons. The highest BCUT2D eigenvalue weighted by atomic mass is 16.5. The quantitative estimate of drug-likeness (QED) is 0.610. The summed E-state index contributed by atoms with van der Waals surface area (Å²) in [6.45, 7) is 13.4. The van der Waals surface area contributed by atoms with Crippen molar-refractivity contribution in [3.05, 3.63) is 29.8 Å². The van der Waals surface area contributed by atoms with Gasteiger partial charge in [-0.25, -0.2) is 0 Å². The van der Waals surface area contributed by atoms with Crippen LogP contribution in [0.1, 0.15) is 26.3 Å². The molecule has 3 rings (SSSR count). The summed E-state index contributed by atoms with van der Waals surface area (Å²) >= 11 is 0. The van der Waals surface area contributed by atoms with Crippen LogP contribution >= 0.6 is 0 Å². The highest BCUT2D eigenvalue weighted by molar-refractivity contribution is 5.80. The molecule has 150 valence electrons. The van der Waals surface area contributed by atoms with Crippen LogP contribution in [0, 0.1) is 5.92 Å². The molecule has 2 fully saturated rings. The maximum absolute atomic E-state index is 5.50. The Morgan fingerprint density at radius 2 is 1.96 bits per heavy atom. The number of hydrogen-bond acceptors (Lipinski definition) is 4. The Balaban J connectivity index is 1.59. The lowest BCUT2D eigenvalue weighted by Crippen LogP contribution is -2.46. The second-order valence-electron chi connectivity index (χ2n) is 7.93. The zero-order valence-electron chi connectivity index (χ0n) is 17.2. The number of aliphatic imine (C=N–C) groups is 1. The molecule has 2 saturated heterocycles. The minimum Gasteiger partial charge on any atom is -0.378 e. The van der Waals surface area contributed by atoms with Crippen molar-refractivity contribution >= 4 is 11.6 Å². The smallest absolute Gasteiger partial charge is 0.191 e. The van der Waals surface area contributed by atoms with Gasteiger partial charge in [0.05, 0.1) is 13.2 Å². The van der Waals surface area contributed by atoms with E-state index in [1.165, 1.54) is 11.3 Å². The van der Waals surface area contributed by atoms with E-state index in [9.17, 15) is 0 Å². The highest BCUT2D eigenvalue weighted by Crippen LogP contribution is 2.22. The van der Waals surface area contributed by atoms with E-state index >= 15 is 0 Å². The SMILES string of the molecule is CN=C(NCc1ccccc1N1CCOCC1)NC1CN(C(C)C)CC1C. The summed E-state index contributed by atoms with van der Waals surface area (Å²) in [6.07, 6.45) is 0. The van der Waals surface area contributed by atoms with Gasteiger partial charge in [-0.15, -0.1) is 0 Å². The van der Waals surface area contributed by atoms with Crippen LogP contribution in [0.2, 0.25) is 0 Å². The van der Waals surface area contributed by atoms with E-state index < -0.39 is 0 Å². The van der Waals surface area contributed by atoms with Crippen molar-refractivity contribution < 1.29 is 4.74 Å². The number of likely N-dealkylation sites (tertiary alicyclic amines) is 1. The van der Waals surface area contributed by atoms with Crippen molar-refractivity contribution in [2.75, 3.05) is 51.3 Å². The molecule has 6 heteroatoms. The van der Waals surface area contributed by atoms with Gasteiger partial charge < -0.3 is 20.3 Å². The molecule has 2 unspecified atom stereocenters. The maximum atomic E-state index is 5.50. The zero-order chi connectivity index (χ0) is 19.2. The first kappa shape index (κ1) is 20.0. The molecule has 2 heterocycles. The Labute approximate surface area is 164 Å². The third kappa shape index (κ3) is 5.14. The summed E-state index contributed by atoms with van der Waals surface area (Å²) in [5.74, 6) is 1.50. The first-order valence-corrected chi connectivity index (χ1v) is 10.2. The highest BCUT2D eigenvalue weighted by Gasteiger charge is 2.31. The molecular weight excluding hydrogens is 338 g/mol. The standard InChI is InChI=1S/C21H35N5O/c1-16(2)26-14-17(3)19(15-26)24-21(22-4)23-13-18-7-5-6-8-20(18)25-9-11-27-12-10-25/h5-8,16-17,19H,9-15H2,1-4H3,(H2,22,23,24). The normalized spacial score (nSPS) is 24.5. The van der Waals surface area contributed by atoms with Crippen LogP contribution in [0.25, 0.3) is 0 Å². The molecule has 2 atom stereocenters. The second-order valence-corrected chi connectivity index (χ2v) is 7.93. The number of para-hydroxylation sites is 1. The Kier molecular flexibility index (Phi) is 6.96. The lowest BCUT2D eigenvalue weighted by molar-refractivity contribution is 0.122. The van der Waals surface area contributed by atoms with Gasteiger partial charge in [0.2, 0.25) is 0 Å². The summed E-state index contributed by atoms with van der Waals surface area (Å²) < 4.78 is 5.50. The minimum absolute atomic E-state index is 0.438. The van der Waals surface area contributed by atoms with Crippen molar-refractivity contribution in [3.63, 3.8) is 0 Å². The van der Waals surface area contributed by atoms with Gasteiger partial charge in [-0.2, -0.15) is 0 Å². The average molecular weight is 374 g/mol. The van der Waals surface area contributed by atoms with Crippen molar-refractivity contribution in [1.29, 1.82) is 0 Å². The topological polar surface area (TPSA) is 52.1 Å². The molecule has 27 heavy (non-hydrogen) atoms. The number of anilines is 1. The number of morpholine rings is 1. The molecule has 0 bridgehead atoms. The third-order valence-electron chi connectivity index (χ3n) is 5.71. The van der Waals surface area contributed by atoms with Gasteiger partial charge in [-0.05, 0) is 31.4 Å². The average Bonchev–Trinajstić information content (AvgIpc) is 3.07. The van der Waals surface area contributed by atoms with E-state index in [0.29, 0.717) is 18.0 Å². The predicted molar refractivity (Wildman–Crippen MR) is 112 cm³/mol. The van der Waals surface area contributed by atoms with E-state index in [1.54, 1.807) is 0 Å². The molecule has 2 aliphatic rings. The molecule has 0 saturated carbocycles. The zero-order valence-corrected chi connectivity index (χ0v) is 17.2. The van der Waals surface area contributed by atoms with Gasteiger partial charge in [0.25, 0.3) is 0 Å². The van der Waals surface area contributed by atoms with Gasteiger partial charge in [0.15, 0.2) is 5.96 Å². The van der Waals surface area contributed by atoms with Gasteiger partial charge in [0, 0.05) is 57.5 Å². The van der Waals surface area contributed by atoms with E-state index in [2.05, 4.69) is 70.5 Å². The summed E-state index contributed by atoms with van der Waals surface area (Å²) in [7, 11) is 1.85. The van der Waals surface area contributed by atoms with Crippen molar-refractivity contribution in [2.24, 2.45) is 10.9 Å². The Morgan fingerprint density at radius 1 is 1.22 bits per heavy atom. The monoisotopic (exact) mass is 373 g/mol. The first-order chi connectivity index (χ1) is 13.1. The summed E-state index contributed by atoms with van der Waals surface area (Å²) in [5.41, 5.74) is 2.59. The van der Waals surface area contributed by atoms with Gasteiger partial charge in [0.1, 0.15) is 0 Å². The number of ether oxygens (including phenoxy) is 1. The number of nitrogens with zero attached hydrogens (tertiary/aromatic N) is 3. The number of guanidine groups is 1. The fraction of sp³-hybridized carbons (Fsp3) is 0.667. The van der Waals surface area contributed by atoms with Gasteiger partial charge >= 0.3 is 0 Å². The number of nitrogens with one attached hydrogen (secondary N) is 2. The fourth-order valence-corrected chi connectivity index (χ4v) is 3.94. The summed E-state index contributed by atoms with van der Waals surface area (Å²) in [4.78, 5) is 9.40. The lowest BCUT2D eigenvalue weighted by atomic mass is 10.1. The Morgan fingerprint density at radius 3 is 2.63 bits per heavy atom. The summed E-state index contributed by atoms with van der Waals surface area (Å²) in [5, 5.41) is 7.15. The van der Waals surface area contributed by atoms with E-state index in [1.807, 2.05) is 7.05 Å². The van der Waals surface area contributed by atoms with Crippen LogP contribution in [0.4, 0.5) is 5.69 Å². The lowest BCUT2D eigenvalue weighted by Gasteiger charge is -2.31. The fourth-order valence-electron chi connectivity index (χ4n) is 3.94. The molecule has 0 amide bonds. The molecule has 6 nitrogen and oxygen atoms in total. The first-order valence-electron chi connectivity index (χ1n) is 10.2. The maximum Gasteiger partial charge on any atom is 0.191 e. The van der Waals surface area contributed by atoms with Crippen LogP contribution in [0.3, 0.4) is 0 Å². The largest absolute Gasteiger partial charge is 0.378 e. The molecule has 0 aromatic heterocycles. The third-order valence-corrected chi connectivity index (χ3v) is 5.71. The second kappa shape index (κ2) is 9.42. The van der Waals surface area contributed by atoms with Crippen LogP contribution in [0.15, 0.2) is 29.3 Å². The van der Waals surface area contributed by atoms with Crippen LogP contribution < -0.4 is 15.5 Å². The number of hydrogen-bond donors (Lipinski definition) is 2. The molecule has 1 aromatic carbocycles. The molecule has 0 spiro atoms. The van der Waals surface area contributed by atoms with E-state index in [-0.39, 0.29) is 0 Å². The van der Waals surface area contributed by atoms with E-state index in [4.69, 9.17) is 4.74 Å². The van der Waals surface area contributed by atoms with Crippen LogP contribution in [-0.2, 0) is 11.3 Å². The molecule has 2 aliphatic heterocycles. The Bertz CT molecular complexity index is 627. The Hall–Kier alpha value is -1.79. The van der Waals surface area contributed by atoms with E-state index in [0.717, 1.165) is 51.9 Å². The van der Waals surface area contributed by atoms with Crippen LogP contribution in [-0.4, -0.2) is 69.4 Å². The van der Waals surface area contributed by atoms with Crippen molar-refractivity contribution in [2.45, 2.75) is 39.4 Å². The minimum atomic E-state index is 0.438. The number of benzene rings is 1. The van der Waals surface area contributed by atoms with Gasteiger partial charge in [-0.1, -0.05) is 25.1 Å². The molecule has 1 aromatic rings.